The molecule has 2 atom stereocenters. The third-order valence-corrected chi connectivity index (χ3v) is 2.79. The highest BCUT2D eigenvalue weighted by molar-refractivity contribution is 5.39. The third kappa shape index (κ3) is 1.48. The van der Waals surface area contributed by atoms with Crippen LogP contribution in [-0.4, -0.2) is 13.3 Å². The van der Waals surface area contributed by atoms with Crippen molar-refractivity contribution in [2.75, 3.05) is 7.11 Å². The summed E-state index contributed by atoms with van der Waals surface area (Å²) in [5.41, 5.74) is 7.80. The maximum absolute atomic E-state index is 13.3. The lowest BCUT2D eigenvalue weighted by Crippen LogP contribution is -2.28. The van der Waals surface area contributed by atoms with Crippen molar-refractivity contribution in [3.63, 3.8) is 0 Å². The Labute approximate surface area is 82.9 Å². The van der Waals surface area contributed by atoms with Gasteiger partial charge in [-0.05, 0) is 36.1 Å². The predicted molar refractivity (Wildman–Crippen MR) is 53.1 cm³/mol. The molecule has 2 rings (SSSR count). The normalized spacial score (nSPS) is 25.6. The van der Waals surface area contributed by atoms with Gasteiger partial charge < -0.3 is 10.5 Å². The first kappa shape index (κ1) is 9.46. The number of aryl methyl sites for hydroxylation is 1. The van der Waals surface area contributed by atoms with Gasteiger partial charge in [-0.25, -0.2) is 4.39 Å². The van der Waals surface area contributed by atoms with E-state index in [-0.39, 0.29) is 0 Å². The molecule has 14 heavy (non-hydrogen) atoms. The number of nitrogens with two attached hydrogens (primary N) is 1. The van der Waals surface area contributed by atoms with E-state index < -0.39 is 12.2 Å². The van der Waals surface area contributed by atoms with E-state index >= 15 is 0 Å². The summed E-state index contributed by atoms with van der Waals surface area (Å²) in [5, 5.41) is 0. The average molecular weight is 195 g/mol. The van der Waals surface area contributed by atoms with Gasteiger partial charge in [0.15, 0.2) is 0 Å². The van der Waals surface area contributed by atoms with E-state index in [2.05, 4.69) is 0 Å². The minimum Gasteiger partial charge on any atom is -0.497 e. The molecule has 0 heterocycles. The van der Waals surface area contributed by atoms with Gasteiger partial charge >= 0.3 is 0 Å². The van der Waals surface area contributed by atoms with Crippen LogP contribution in [0.2, 0.25) is 0 Å². The van der Waals surface area contributed by atoms with Crippen molar-refractivity contribution >= 4 is 0 Å². The molecule has 0 bridgehead atoms. The first-order valence-electron chi connectivity index (χ1n) is 4.79. The molecule has 0 saturated carbocycles. The van der Waals surface area contributed by atoms with Gasteiger partial charge in [-0.15, -0.1) is 0 Å². The second kappa shape index (κ2) is 3.58. The highest BCUT2D eigenvalue weighted by Crippen LogP contribution is 2.32. The fourth-order valence-electron chi connectivity index (χ4n) is 1.92. The van der Waals surface area contributed by atoms with E-state index in [1.165, 1.54) is 0 Å². The maximum Gasteiger partial charge on any atom is 0.120 e. The van der Waals surface area contributed by atoms with E-state index in [4.69, 9.17) is 10.5 Å². The number of hydrogen-bond acceptors (Lipinski definition) is 2. The van der Waals surface area contributed by atoms with Crippen LogP contribution in [0.3, 0.4) is 0 Å². The van der Waals surface area contributed by atoms with Crippen LogP contribution in [0, 0.1) is 0 Å². The fourth-order valence-corrected chi connectivity index (χ4v) is 1.92. The topological polar surface area (TPSA) is 35.2 Å². The van der Waals surface area contributed by atoms with Crippen molar-refractivity contribution < 1.29 is 9.13 Å². The van der Waals surface area contributed by atoms with Crippen LogP contribution in [0.15, 0.2) is 18.2 Å². The van der Waals surface area contributed by atoms with Gasteiger partial charge in [-0.2, -0.15) is 0 Å². The SMILES string of the molecule is COc1ccc2c(c1)CCC(F)C2N. The van der Waals surface area contributed by atoms with E-state index in [1.807, 2.05) is 18.2 Å². The van der Waals surface area contributed by atoms with Crippen LogP contribution in [0.25, 0.3) is 0 Å². The maximum atomic E-state index is 13.3. The van der Waals surface area contributed by atoms with E-state index in [1.54, 1.807) is 7.11 Å². The number of benzene rings is 1. The number of rotatable bonds is 1. The van der Waals surface area contributed by atoms with Crippen molar-refractivity contribution in [3.05, 3.63) is 29.3 Å². The van der Waals surface area contributed by atoms with Gasteiger partial charge in [-0.1, -0.05) is 6.07 Å². The Morgan fingerprint density at radius 1 is 1.50 bits per heavy atom. The van der Waals surface area contributed by atoms with Gasteiger partial charge in [0.2, 0.25) is 0 Å². The number of alkyl halides is 1. The number of hydrogen-bond donors (Lipinski definition) is 1. The molecule has 1 aliphatic carbocycles. The summed E-state index contributed by atoms with van der Waals surface area (Å²) in [5.74, 6) is 0.813. The Morgan fingerprint density at radius 2 is 2.29 bits per heavy atom. The standard InChI is InChI=1S/C11H14FNO/c1-14-8-3-4-9-7(6-8)2-5-10(12)11(9)13/h3-4,6,10-11H,2,5,13H2,1H3. The molecule has 0 aliphatic heterocycles. The Hall–Kier alpha value is -1.09. The smallest absolute Gasteiger partial charge is 0.120 e. The van der Waals surface area contributed by atoms with Crippen molar-refractivity contribution in [2.45, 2.75) is 25.1 Å². The lowest BCUT2D eigenvalue weighted by atomic mass is 9.87. The van der Waals surface area contributed by atoms with Crippen LogP contribution >= 0.6 is 0 Å². The molecule has 0 fully saturated rings. The minimum atomic E-state index is -0.907. The molecule has 0 radical (unpaired) electrons. The summed E-state index contributed by atoms with van der Waals surface area (Å²) < 4.78 is 18.4. The first-order chi connectivity index (χ1) is 6.72. The highest BCUT2D eigenvalue weighted by Gasteiger charge is 2.26. The largest absolute Gasteiger partial charge is 0.497 e. The second-order valence-electron chi connectivity index (χ2n) is 3.65. The number of methoxy groups -OCH3 is 1. The molecule has 1 aromatic rings. The van der Waals surface area contributed by atoms with Crippen LogP contribution in [0.5, 0.6) is 5.75 Å². The Balaban J connectivity index is 2.38. The summed E-state index contributed by atoms with van der Waals surface area (Å²) in [7, 11) is 1.63. The zero-order valence-electron chi connectivity index (χ0n) is 8.16. The van der Waals surface area contributed by atoms with Crippen LogP contribution in [0.1, 0.15) is 23.6 Å². The predicted octanol–water partition coefficient (Wildman–Crippen LogP) is 1.98. The second-order valence-corrected chi connectivity index (χ2v) is 3.65. The molecule has 76 valence electrons. The highest BCUT2D eigenvalue weighted by atomic mass is 19.1. The van der Waals surface area contributed by atoms with Gasteiger partial charge in [0.25, 0.3) is 0 Å². The van der Waals surface area contributed by atoms with Gasteiger partial charge in [0, 0.05) is 0 Å². The van der Waals surface area contributed by atoms with E-state index in [0.717, 1.165) is 23.3 Å². The van der Waals surface area contributed by atoms with Crippen LogP contribution in [-0.2, 0) is 6.42 Å². The van der Waals surface area contributed by atoms with E-state index in [9.17, 15) is 4.39 Å². The Kier molecular flexibility index (Phi) is 2.42. The number of fused-ring (bicyclic) bond motifs is 1. The summed E-state index contributed by atoms with van der Waals surface area (Å²) in [6, 6.07) is 5.17. The molecule has 2 N–H and O–H groups in total. The van der Waals surface area contributed by atoms with Crippen LogP contribution < -0.4 is 10.5 Å². The minimum absolute atomic E-state index is 0.468. The quantitative estimate of drug-likeness (QED) is 0.743. The molecule has 1 aliphatic rings. The molecule has 0 spiro atoms. The molecule has 3 heteroatoms. The lowest BCUT2D eigenvalue weighted by Gasteiger charge is -2.25. The third-order valence-electron chi connectivity index (χ3n) is 2.79. The number of ether oxygens (including phenoxy) is 1. The van der Waals surface area contributed by atoms with Gasteiger partial charge in [-0.3, -0.25) is 0 Å². The average Bonchev–Trinajstić information content (AvgIpc) is 2.23. The molecular weight excluding hydrogens is 181 g/mol. The van der Waals surface area contributed by atoms with Crippen molar-refractivity contribution in [2.24, 2.45) is 5.73 Å². The summed E-state index contributed by atoms with van der Waals surface area (Å²) in [6.45, 7) is 0. The molecule has 0 aromatic heterocycles. The summed E-state index contributed by atoms with van der Waals surface area (Å²) in [6.07, 6.45) is 0.360. The van der Waals surface area contributed by atoms with Gasteiger partial charge in [0.05, 0.1) is 13.2 Å². The van der Waals surface area contributed by atoms with Crippen molar-refractivity contribution in [3.8, 4) is 5.75 Å². The molecule has 0 saturated heterocycles. The molecule has 2 nitrogen and oxygen atoms in total. The zero-order chi connectivity index (χ0) is 10.1. The molecular formula is C11H14FNO. The van der Waals surface area contributed by atoms with Crippen LogP contribution in [0.4, 0.5) is 4.39 Å². The molecule has 0 amide bonds. The first-order valence-corrected chi connectivity index (χ1v) is 4.79. The fraction of sp³-hybridized carbons (Fsp3) is 0.455. The number of halogens is 1. The summed E-state index contributed by atoms with van der Waals surface area (Å²) >= 11 is 0. The van der Waals surface area contributed by atoms with Crippen molar-refractivity contribution in [1.82, 2.24) is 0 Å². The monoisotopic (exact) mass is 195 g/mol. The molecule has 1 aromatic carbocycles. The Morgan fingerprint density at radius 3 is 3.00 bits per heavy atom. The Bertz CT molecular complexity index is 340. The van der Waals surface area contributed by atoms with Crippen molar-refractivity contribution in [1.29, 1.82) is 0 Å². The summed E-state index contributed by atoms with van der Waals surface area (Å²) in [4.78, 5) is 0. The van der Waals surface area contributed by atoms with E-state index in [0.29, 0.717) is 6.42 Å². The van der Waals surface area contributed by atoms with Gasteiger partial charge in [0.1, 0.15) is 11.9 Å². The molecule has 2 unspecified atom stereocenters. The zero-order valence-corrected chi connectivity index (χ0v) is 8.16. The lowest BCUT2D eigenvalue weighted by molar-refractivity contribution is 0.254.